The Morgan fingerprint density at radius 3 is 1.49 bits per heavy atom. The molecule has 4 aromatic carbocycles. The summed E-state index contributed by atoms with van der Waals surface area (Å²) in [5.41, 5.74) is 3.69. The van der Waals surface area contributed by atoms with Gasteiger partial charge in [-0.1, -0.05) is 121 Å². The number of hydrogen-bond acceptors (Lipinski definition) is 8. The van der Waals surface area contributed by atoms with Crippen LogP contribution >= 0.6 is 7.60 Å². The lowest BCUT2D eigenvalue weighted by molar-refractivity contribution is -0.205. The van der Waals surface area contributed by atoms with E-state index in [9.17, 15) is 9.36 Å². The predicted molar refractivity (Wildman–Crippen MR) is 180 cm³/mol. The van der Waals surface area contributed by atoms with Crippen molar-refractivity contribution in [2.45, 2.75) is 44.7 Å². The van der Waals surface area contributed by atoms with Crippen LogP contribution in [0.15, 0.2) is 133 Å². The van der Waals surface area contributed by atoms with Crippen LogP contribution in [0.3, 0.4) is 0 Å². The van der Waals surface area contributed by atoms with E-state index in [-0.39, 0.29) is 33.0 Å². The molecule has 0 spiro atoms. The molecule has 0 saturated carbocycles. The van der Waals surface area contributed by atoms with Gasteiger partial charge < -0.3 is 23.3 Å². The summed E-state index contributed by atoms with van der Waals surface area (Å²) in [5, 5.41) is 1.20. The van der Waals surface area contributed by atoms with Crippen molar-refractivity contribution in [2.24, 2.45) is 0 Å². The van der Waals surface area contributed by atoms with Crippen LogP contribution in [0.5, 0.6) is 0 Å². The number of hydroxylamine groups is 2. The number of rotatable bonds is 21. The van der Waals surface area contributed by atoms with Crippen molar-refractivity contribution in [2.75, 3.05) is 20.8 Å². The molecule has 0 bridgehead atoms. The highest BCUT2D eigenvalue weighted by Crippen LogP contribution is 2.48. The highest BCUT2D eigenvalue weighted by atomic mass is 31.2. The topological polar surface area (TPSA) is 92.8 Å². The van der Waals surface area contributed by atoms with E-state index in [4.69, 9.17) is 28.1 Å². The zero-order chi connectivity index (χ0) is 33.2. The number of amides is 1. The second-order valence-electron chi connectivity index (χ2n) is 10.6. The molecule has 10 heteroatoms. The Morgan fingerprint density at radius 1 is 0.617 bits per heavy atom. The van der Waals surface area contributed by atoms with Crippen molar-refractivity contribution >= 4 is 14.0 Å². The molecule has 1 amide bonds. The van der Waals surface area contributed by atoms with Crippen molar-refractivity contribution in [3.05, 3.63) is 155 Å². The fourth-order valence-electron chi connectivity index (χ4n) is 4.66. The lowest BCUT2D eigenvalue weighted by Gasteiger charge is -2.34. The van der Waals surface area contributed by atoms with Gasteiger partial charge in [0.25, 0.3) is 0 Å². The van der Waals surface area contributed by atoms with Gasteiger partial charge in [0.05, 0.1) is 26.4 Å². The van der Waals surface area contributed by atoms with Crippen molar-refractivity contribution in [3.8, 4) is 0 Å². The minimum Gasteiger partial charge on any atom is -0.369 e. The number of ether oxygens (including phenoxy) is 3. The first-order valence-corrected chi connectivity index (χ1v) is 16.9. The summed E-state index contributed by atoms with van der Waals surface area (Å²) in [4.78, 5) is 18.3. The Morgan fingerprint density at radius 2 is 1.04 bits per heavy atom. The first-order chi connectivity index (χ1) is 23.0. The van der Waals surface area contributed by atoms with E-state index in [1.807, 2.05) is 121 Å². The highest BCUT2D eigenvalue weighted by Gasteiger charge is 2.34. The second-order valence-corrected chi connectivity index (χ2v) is 12.7. The summed E-state index contributed by atoms with van der Waals surface area (Å²) in [6.07, 6.45) is -0.170. The summed E-state index contributed by atoms with van der Waals surface area (Å²) < 4.78 is 43.1. The number of carbonyl (C=O) groups excluding carboxylic acids is 1. The molecule has 9 nitrogen and oxygen atoms in total. The maximum absolute atomic E-state index is 13.1. The minimum absolute atomic E-state index is 0.00781. The van der Waals surface area contributed by atoms with Crippen LogP contribution in [0.4, 0.5) is 0 Å². The molecule has 0 aliphatic rings. The van der Waals surface area contributed by atoms with E-state index in [0.717, 1.165) is 22.3 Å². The molecule has 0 unspecified atom stereocenters. The normalized spacial score (nSPS) is 13.7. The summed E-state index contributed by atoms with van der Waals surface area (Å²) in [6.45, 7) is 0.853. The molecule has 4 rings (SSSR count). The number of benzene rings is 4. The van der Waals surface area contributed by atoms with Gasteiger partial charge in [-0.2, -0.15) is 0 Å². The highest BCUT2D eigenvalue weighted by molar-refractivity contribution is 7.57. The number of hydrogen-bond donors (Lipinski definition) is 0. The molecule has 0 aliphatic heterocycles. The molecule has 3 atom stereocenters. The summed E-state index contributed by atoms with van der Waals surface area (Å²) in [5.74, 6) is 1.36. The average Bonchev–Trinajstić information content (AvgIpc) is 3.14. The summed E-state index contributed by atoms with van der Waals surface area (Å²) >= 11 is 0. The SMILES string of the molecule is COP(=O)(/C=C/[C@@H](OCc1ccccc1)[C@@H](OCc1ccccc1)[C@@H](CN(C=O)OCc1ccccc1)OCc1ccccc1)OC. The Hall–Kier alpha value is -3.92. The molecule has 4 aromatic rings. The Labute approximate surface area is 277 Å². The van der Waals surface area contributed by atoms with Crippen LogP contribution in [-0.2, 0) is 63.9 Å². The lowest BCUT2D eigenvalue weighted by atomic mass is 10.1. The van der Waals surface area contributed by atoms with Gasteiger partial charge in [-0.05, 0) is 28.3 Å². The largest absolute Gasteiger partial charge is 0.369 e. The molecule has 0 saturated heterocycles. The molecule has 0 aromatic heterocycles. The quantitative estimate of drug-likeness (QED) is 0.0522. The van der Waals surface area contributed by atoms with Crippen molar-refractivity contribution in [1.82, 2.24) is 5.06 Å². The minimum atomic E-state index is -3.57. The fourth-order valence-corrected chi connectivity index (χ4v) is 5.43. The zero-order valence-corrected chi connectivity index (χ0v) is 27.6. The van der Waals surface area contributed by atoms with Crippen LogP contribution < -0.4 is 0 Å². The van der Waals surface area contributed by atoms with Crippen molar-refractivity contribution < 1.29 is 37.5 Å². The Kier molecular flexibility index (Phi) is 15.0. The third kappa shape index (κ3) is 12.3. The lowest BCUT2D eigenvalue weighted by Crippen LogP contribution is -2.47. The zero-order valence-electron chi connectivity index (χ0n) is 26.7. The van der Waals surface area contributed by atoms with Gasteiger partial charge in [0.15, 0.2) is 0 Å². The van der Waals surface area contributed by atoms with E-state index in [1.54, 1.807) is 6.08 Å². The van der Waals surface area contributed by atoms with Gasteiger partial charge in [0, 0.05) is 20.0 Å². The Balaban J connectivity index is 1.69. The average molecular weight is 660 g/mol. The molecule has 248 valence electrons. The first kappa shape index (κ1) is 35.9. The molecule has 0 heterocycles. The predicted octanol–water partition coefficient (Wildman–Crippen LogP) is 7.33. The van der Waals surface area contributed by atoms with Crippen LogP contribution in [-0.4, -0.2) is 50.5 Å². The molecule has 0 radical (unpaired) electrons. The molecular formula is C37H42NO8P. The van der Waals surface area contributed by atoms with Crippen molar-refractivity contribution in [1.29, 1.82) is 0 Å². The maximum Gasteiger partial charge on any atom is 0.353 e. The van der Waals surface area contributed by atoms with Gasteiger partial charge in [-0.25, -0.2) is 5.06 Å². The van der Waals surface area contributed by atoms with Crippen LogP contribution in [0.1, 0.15) is 22.3 Å². The molecule has 0 N–H and O–H groups in total. The van der Waals surface area contributed by atoms with Gasteiger partial charge in [0.1, 0.15) is 24.9 Å². The fraction of sp³-hybridized carbons (Fsp3) is 0.270. The number of nitrogens with zero attached hydrogens (tertiary/aromatic N) is 1. The summed E-state index contributed by atoms with van der Waals surface area (Å²) in [6, 6.07) is 38.6. The van der Waals surface area contributed by atoms with E-state index in [0.29, 0.717) is 6.41 Å². The molecule has 47 heavy (non-hydrogen) atoms. The van der Waals surface area contributed by atoms with Gasteiger partial charge in [0.2, 0.25) is 6.41 Å². The second kappa shape index (κ2) is 19.7. The third-order valence-corrected chi connectivity index (χ3v) is 8.81. The molecular weight excluding hydrogens is 617 g/mol. The van der Waals surface area contributed by atoms with E-state index >= 15 is 0 Å². The summed E-state index contributed by atoms with van der Waals surface area (Å²) in [7, 11) is -0.937. The van der Waals surface area contributed by atoms with E-state index in [1.165, 1.54) is 25.1 Å². The van der Waals surface area contributed by atoms with E-state index in [2.05, 4.69) is 0 Å². The van der Waals surface area contributed by atoms with Gasteiger partial charge in [-0.15, -0.1) is 0 Å². The molecule has 0 aliphatic carbocycles. The third-order valence-electron chi connectivity index (χ3n) is 7.25. The smallest absolute Gasteiger partial charge is 0.353 e. The maximum atomic E-state index is 13.1. The van der Waals surface area contributed by atoms with Crippen LogP contribution in [0.2, 0.25) is 0 Å². The van der Waals surface area contributed by atoms with Gasteiger partial charge >= 0.3 is 7.60 Å². The monoisotopic (exact) mass is 659 g/mol. The van der Waals surface area contributed by atoms with Gasteiger partial charge in [-0.3, -0.25) is 14.2 Å². The molecule has 0 fully saturated rings. The number of carbonyl (C=O) groups is 1. The van der Waals surface area contributed by atoms with Crippen molar-refractivity contribution in [3.63, 3.8) is 0 Å². The van der Waals surface area contributed by atoms with E-state index < -0.39 is 25.9 Å². The first-order valence-electron chi connectivity index (χ1n) is 15.3. The van der Waals surface area contributed by atoms with Crippen LogP contribution in [0, 0.1) is 0 Å². The standard InChI is InChI=1S/C37H42NO8P/c1-41-47(40,42-2)24-23-35(43-26-31-15-7-3-8-16-31)37(45-28-33-19-11-5-12-20-33)36(44-27-32-17-9-4-10-18-32)25-38(30-39)46-29-34-21-13-6-14-22-34/h3-24,30,35-37H,25-29H2,1-2H3/b24-23+/t35-,36-,37-/m1/s1. The van der Waals surface area contributed by atoms with Crippen LogP contribution in [0.25, 0.3) is 0 Å². The Bertz CT molecular complexity index is 1500.